The van der Waals surface area contributed by atoms with Crippen molar-refractivity contribution in [2.75, 3.05) is 4.72 Å². The van der Waals surface area contributed by atoms with Crippen LogP contribution < -0.4 is 4.72 Å². The van der Waals surface area contributed by atoms with Crippen LogP contribution >= 0.6 is 0 Å². The average Bonchev–Trinajstić information content (AvgIpc) is 3.15. The van der Waals surface area contributed by atoms with E-state index in [0.29, 0.717) is 11.4 Å². The lowest BCUT2D eigenvalue weighted by atomic mass is 10.2. The summed E-state index contributed by atoms with van der Waals surface area (Å²) in [4.78, 5) is 4.63. The largest absolute Gasteiger partial charge is 0.279 e. The van der Waals surface area contributed by atoms with E-state index in [-0.39, 0.29) is 10.9 Å². The Kier molecular flexibility index (Phi) is 4.84. The van der Waals surface area contributed by atoms with Gasteiger partial charge in [0.2, 0.25) is 0 Å². The zero-order valence-corrected chi connectivity index (χ0v) is 17.3. The van der Waals surface area contributed by atoms with Gasteiger partial charge in [-0.2, -0.15) is 5.10 Å². The van der Waals surface area contributed by atoms with E-state index in [1.165, 1.54) is 0 Å². The maximum Gasteiger partial charge on any atom is 0.265 e. The zero-order chi connectivity index (χ0) is 20.6. The van der Waals surface area contributed by atoms with Crippen LogP contribution in [0.5, 0.6) is 0 Å². The zero-order valence-electron chi connectivity index (χ0n) is 16.5. The lowest BCUT2D eigenvalue weighted by molar-refractivity contribution is 0.532. The molecule has 2 heterocycles. The standard InChI is InChI=1S/C22H22N4O2S/c1-15(2)26-14-21(22(24-26)17-9-5-4-6-10-17)29(27,28)25-20-13-16(3)23-19-12-8-7-11-18(19)20/h4-15H,1-3H3,(H,23,25). The van der Waals surface area contributed by atoms with Gasteiger partial charge in [0.25, 0.3) is 10.0 Å². The number of rotatable bonds is 5. The van der Waals surface area contributed by atoms with Crippen LogP contribution in [0.3, 0.4) is 0 Å². The molecule has 0 amide bonds. The van der Waals surface area contributed by atoms with Gasteiger partial charge in [-0.1, -0.05) is 48.5 Å². The Hall–Kier alpha value is -3.19. The summed E-state index contributed by atoms with van der Waals surface area (Å²) < 4.78 is 31.2. The first-order chi connectivity index (χ1) is 13.8. The molecule has 0 aliphatic carbocycles. The number of aromatic nitrogens is 3. The lowest BCUT2D eigenvalue weighted by Crippen LogP contribution is -2.14. The van der Waals surface area contributed by atoms with Crippen LogP contribution in [0.2, 0.25) is 0 Å². The molecule has 0 spiro atoms. The summed E-state index contributed by atoms with van der Waals surface area (Å²) in [6, 6.07) is 18.6. The molecule has 2 aromatic heterocycles. The van der Waals surface area contributed by atoms with Gasteiger partial charge < -0.3 is 0 Å². The highest BCUT2D eigenvalue weighted by Crippen LogP contribution is 2.31. The second-order valence-electron chi connectivity index (χ2n) is 7.22. The maximum absolute atomic E-state index is 13.4. The predicted octanol–water partition coefficient (Wildman–Crippen LogP) is 4.79. The Balaban J connectivity index is 1.85. The van der Waals surface area contributed by atoms with Crippen molar-refractivity contribution < 1.29 is 8.42 Å². The average molecular weight is 407 g/mol. The van der Waals surface area contributed by atoms with Crippen molar-refractivity contribution >= 4 is 26.6 Å². The highest BCUT2D eigenvalue weighted by Gasteiger charge is 2.25. The predicted molar refractivity (Wildman–Crippen MR) is 115 cm³/mol. The summed E-state index contributed by atoms with van der Waals surface area (Å²) >= 11 is 0. The number of sulfonamides is 1. The third kappa shape index (κ3) is 3.73. The van der Waals surface area contributed by atoms with E-state index >= 15 is 0 Å². The van der Waals surface area contributed by atoms with Crippen molar-refractivity contribution in [2.24, 2.45) is 0 Å². The lowest BCUT2D eigenvalue weighted by Gasteiger charge is -2.11. The van der Waals surface area contributed by atoms with Crippen molar-refractivity contribution in [1.82, 2.24) is 14.8 Å². The molecule has 0 atom stereocenters. The minimum absolute atomic E-state index is 0.0328. The summed E-state index contributed by atoms with van der Waals surface area (Å²) in [6.07, 6.45) is 1.59. The molecule has 0 bridgehead atoms. The summed E-state index contributed by atoms with van der Waals surface area (Å²) in [7, 11) is -3.87. The van der Waals surface area contributed by atoms with Gasteiger partial charge >= 0.3 is 0 Å². The van der Waals surface area contributed by atoms with Gasteiger partial charge in [-0.15, -0.1) is 0 Å². The van der Waals surface area contributed by atoms with Crippen LogP contribution in [0.15, 0.2) is 71.8 Å². The molecule has 0 radical (unpaired) electrons. The minimum atomic E-state index is -3.87. The van der Waals surface area contributed by atoms with Crippen LogP contribution in [-0.4, -0.2) is 23.2 Å². The SMILES string of the molecule is Cc1cc(NS(=O)(=O)c2cn(C(C)C)nc2-c2ccccc2)c2ccccc2n1. The highest BCUT2D eigenvalue weighted by atomic mass is 32.2. The molecule has 4 rings (SSSR count). The quantitative estimate of drug-likeness (QED) is 0.517. The monoisotopic (exact) mass is 406 g/mol. The van der Waals surface area contributed by atoms with E-state index in [9.17, 15) is 8.42 Å². The smallest absolute Gasteiger partial charge is 0.265 e. The van der Waals surface area contributed by atoms with E-state index in [1.807, 2.05) is 75.4 Å². The number of nitrogens with one attached hydrogen (secondary N) is 1. The Bertz CT molecular complexity index is 1280. The molecule has 0 unspecified atom stereocenters. The fraction of sp³-hybridized carbons (Fsp3) is 0.182. The van der Waals surface area contributed by atoms with E-state index in [4.69, 9.17) is 0 Å². The molecule has 0 saturated heterocycles. The molecular weight excluding hydrogens is 384 g/mol. The van der Waals surface area contributed by atoms with E-state index in [1.54, 1.807) is 16.9 Å². The first-order valence-corrected chi connectivity index (χ1v) is 10.9. The van der Waals surface area contributed by atoms with Gasteiger partial charge in [0, 0.05) is 28.9 Å². The van der Waals surface area contributed by atoms with E-state index < -0.39 is 10.0 Å². The number of pyridine rings is 1. The second kappa shape index (κ2) is 7.33. The number of nitrogens with zero attached hydrogens (tertiary/aromatic N) is 3. The molecule has 0 aliphatic heterocycles. The maximum atomic E-state index is 13.4. The molecule has 0 saturated carbocycles. The topological polar surface area (TPSA) is 76.9 Å². The molecule has 29 heavy (non-hydrogen) atoms. The molecule has 0 fully saturated rings. The van der Waals surface area contributed by atoms with Crippen LogP contribution in [0.25, 0.3) is 22.2 Å². The van der Waals surface area contributed by atoms with Crippen molar-refractivity contribution in [3.63, 3.8) is 0 Å². The number of benzene rings is 2. The Morgan fingerprint density at radius 3 is 2.41 bits per heavy atom. The molecule has 2 aromatic carbocycles. The van der Waals surface area contributed by atoms with Crippen LogP contribution in [0, 0.1) is 6.92 Å². The number of para-hydroxylation sites is 1. The fourth-order valence-electron chi connectivity index (χ4n) is 3.22. The first kappa shape index (κ1) is 19.1. The summed E-state index contributed by atoms with van der Waals surface area (Å²) in [5, 5.41) is 5.30. The van der Waals surface area contributed by atoms with Gasteiger partial charge in [-0.25, -0.2) is 8.42 Å². The molecule has 7 heteroatoms. The fourth-order valence-corrected chi connectivity index (χ4v) is 4.45. The summed E-state index contributed by atoms with van der Waals surface area (Å²) in [6.45, 7) is 5.77. The van der Waals surface area contributed by atoms with E-state index in [2.05, 4.69) is 14.8 Å². The Labute approximate surface area is 170 Å². The van der Waals surface area contributed by atoms with Gasteiger partial charge in [0.15, 0.2) is 0 Å². The highest BCUT2D eigenvalue weighted by molar-refractivity contribution is 7.92. The second-order valence-corrected chi connectivity index (χ2v) is 8.87. The molecular formula is C22H22N4O2S. The van der Waals surface area contributed by atoms with E-state index in [0.717, 1.165) is 22.2 Å². The van der Waals surface area contributed by atoms with Crippen LogP contribution in [0.1, 0.15) is 25.6 Å². The summed E-state index contributed by atoms with van der Waals surface area (Å²) in [5.74, 6) is 0. The van der Waals surface area contributed by atoms with Gasteiger partial charge in [0.1, 0.15) is 10.6 Å². The molecule has 4 aromatic rings. The van der Waals surface area contributed by atoms with Crippen molar-refractivity contribution in [3.05, 3.63) is 72.6 Å². The number of aryl methyl sites for hydroxylation is 1. The third-order valence-electron chi connectivity index (χ3n) is 4.65. The molecule has 1 N–H and O–H groups in total. The minimum Gasteiger partial charge on any atom is -0.279 e. The number of hydrogen-bond acceptors (Lipinski definition) is 4. The molecule has 6 nitrogen and oxygen atoms in total. The van der Waals surface area contributed by atoms with Gasteiger partial charge in [-0.05, 0) is 32.9 Å². The third-order valence-corrected chi connectivity index (χ3v) is 6.02. The number of fused-ring (bicyclic) bond motifs is 1. The Morgan fingerprint density at radius 2 is 1.69 bits per heavy atom. The normalized spacial score (nSPS) is 11.9. The summed E-state index contributed by atoms with van der Waals surface area (Å²) in [5.41, 5.74) is 3.17. The van der Waals surface area contributed by atoms with Crippen molar-refractivity contribution in [2.45, 2.75) is 31.7 Å². The first-order valence-electron chi connectivity index (χ1n) is 9.39. The van der Waals surface area contributed by atoms with Crippen LogP contribution in [-0.2, 0) is 10.0 Å². The van der Waals surface area contributed by atoms with Gasteiger partial charge in [0.05, 0.1) is 11.2 Å². The number of hydrogen-bond donors (Lipinski definition) is 1. The van der Waals surface area contributed by atoms with Crippen molar-refractivity contribution in [1.29, 1.82) is 0 Å². The molecule has 0 aliphatic rings. The molecule has 148 valence electrons. The van der Waals surface area contributed by atoms with Crippen molar-refractivity contribution in [3.8, 4) is 11.3 Å². The Morgan fingerprint density at radius 1 is 1.00 bits per heavy atom. The van der Waals surface area contributed by atoms with Gasteiger partial charge in [-0.3, -0.25) is 14.4 Å². The number of anilines is 1. The van der Waals surface area contributed by atoms with Crippen LogP contribution in [0.4, 0.5) is 5.69 Å².